The average molecular weight is 420 g/mol. The van der Waals surface area contributed by atoms with Gasteiger partial charge in [-0.3, -0.25) is 14.2 Å². The summed E-state index contributed by atoms with van der Waals surface area (Å²) in [6, 6.07) is 4.32. The minimum atomic E-state index is -3.32. The molecule has 6 heteroatoms. The Morgan fingerprint density at radius 1 is 1.14 bits per heavy atom. The van der Waals surface area contributed by atoms with Crippen molar-refractivity contribution in [2.75, 3.05) is 20.4 Å². The summed E-state index contributed by atoms with van der Waals surface area (Å²) in [5.41, 5.74) is 4.65. The van der Waals surface area contributed by atoms with Crippen LogP contribution in [-0.4, -0.2) is 32.1 Å². The third-order valence-corrected chi connectivity index (χ3v) is 7.61. The molecule has 1 aromatic rings. The van der Waals surface area contributed by atoms with E-state index in [1.54, 1.807) is 0 Å². The summed E-state index contributed by atoms with van der Waals surface area (Å²) in [5.74, 6) is 1.12. The van der Waals surface area contributed by atoms with Crippen LogP contribution in [0.4, 0.5) is 0 Å². The van der Waals surface area contributed by atoms with E-state index in [9.17, 15) is 14.2 Å². The highest BCUT2D eigenvalue weighted by Gasteiger charge is 2.24. The predicted octanol–water partition coefficient (Wildman–Crippen LogP) is 5.45. The molecule has 0 spiro atoms. The van der Waals surface area contributed by atoms with Gasteiger partial charge in [-0.2, -0.15) is 0 Å². The molecule has 0 bridgehead atoms. The van der Waals surface area contributed by atoms with E-state index in [0.29, 0.717) is 5.92 Å². The van der Waals surface area contributed by atoms with Gasteiger partial charge >= 0.3 is 5.97 Å². The first-order valence-corrected chi connectivity index (χ1v) is 12.2. The van der Waals surface area contributed by atoms with Crippen molar-refractivity contribution in [2.45, 2.75) is 58.8 Å². The normalized spacial score (nSPS) is 17.2. The highest BCUT2D eigenvalue weighted by molar-refractivity contribution is 7.63. The quantitative estimate of drug-likeness (QED) is 0.302. The third kappa shape index (κ3) is 7.24. The van der Waals surface area contributed by atoms with Gasteiger partial charge in [0.05, 0.1) is 13.3 Å². The molecule has 0 aliphatic heterocycles. The number of carbonyl (C=O) groups excluding carboxylic acids is 2. The number of hydrogen-bond acceptors (Lipinski definition) is 5. The predicted molar refractivity (Wildman–Crippen MR) is 116 cm³/mol. The lowest BCUT2D eigenvalue weighted by molar-refractivity contribution is -0.142. The number of hydrogen-bond donors (Lipinski definition) is 0. The monoisotopic (exact) mass is 420 g/mol. The van der Waals surface area contributed by atoms with Gasteiger partial charge in [0.15, 0.2) is 5.78 Å². The molecule has 1 atom stereocenters. The van der Waals surface area contributed by atoms with Gasteiger partial charge in [-0.25, -0.2) is 0 Å². The zero-order valence-corrected chi connectivity index (χ0v) is 18.9. The van der Waals surface area contributed by atoms with Crippen LogP contribution >= 0.6 is 7.37 Å². The second-order valence-corrected chi connectivity index (χ2v) is 10.5. The van der Waals surface area contributed by atoms with Gasteiger partial charge in [0.25, 0.3) is 0 Å². The molecule has 5 nitrogen and oxygen atoms in total. The van der Waals surface area contributed by atoms with Gasteiger partial charge in [0.2, 0.25) is 7.37 Å². The van der Waals surface area contributed by atoms with Gasteiger partial charge in [0.1, 0.15) is 6.42 Å². The van der Waals surface area contributed by atoms with Crippen molar-refractivity contribution in [2.24, 2.45) is 5.92 Å². The largest absolute Gasteiger partial charge is 0.469 e. The third-order valence-electron chi connectivity index (χ3n) is 5.59. The molecule has 1 unspecified atom stereocenters. The Morgan fingerprint density at radius 3 is 2.45 bits per heavy atom. The lowest BCUT2D eigenvalue weighted by atomic mass is 9.83. The van der Waals surface area contributed by atoms with Crippen LogP contribution in [0.5, 0.6) is 0 Å². The summed E-state index contributed by atoms with van der Waals surface area (Å²) in [6.07, 6.45) is 8.58. The zero-order valence-electron chi connectivity index (χ0n) is 18.0. The number of rotatable bonds is 9. The fourth-order valence-corrected chi connectivity index (χ4v) is 5.41. The van der Waals surface area contributed by atoms with Gasteiger partial charge in [-0.15, -0.1) is 0 Å². The van der Waals surface area contributed by atoms with Gasteiger partial charge < -0.3 is 9.26 Å². The van der Waals surface area contributed by atoms with Crippen molar-refractivity contribution < 1.29 is 23.4 Å². The zero-order chi connectivity index (χ0) is 21.4. The number of ketones is 1. The molecule has 1 fully saturated rings. The van der Waals surface area contributed by atoms with E-state index in [1.807, 2.05) is 6.08 Å². The Kier molecular flexibility index (Phi) is 8.85. The maximum absolute atomic E-state index is 13.0. The van der Waals surface area contributed by atoms with Crippen molar-refractivity contribution in [3.63, 3.8) is 0 Å². The fourth-order valence-electron chi connectivity index (χ4n) is 4.08. The molecule has 1 aromatic carbocycles. The van der Waals surface area contributed by atoms with Crippen LogP contribution in [0, 0.1) is 19.8 Å². The number of Topliss-reactive ketones (excluding diaryl/α,β-unsaturated/α-hetero) is 1. The molecule has 0 radical (unpaired) electrons. The lowest BCUT2D eigenvalue weighted by Gasteiger charge is -2.23. The van der Waals surface area contributed by atoms with Crippen LogP contribution in [0.2, 0.25) is 0 Å². The lowest BCUT2D eigenvalue weighted by Crippen LogP contribution is -2.13. The van der Waals surface area contributed by atoms with Gasteiger partial charge in [0, 0.05) is 12.9 Å². The maximum atomic E-state index is 13.0. The first kappa shape index (κ1) is 23.6. The molecule has 2 rings (SSSR count). The van der Waals surface area contributed by atoms with Crippen LogP contribution in [0.25, 0.3) is 6.08 Å². The Bertz CT molecular complexity index is 806. The number of ether oxygens (including phenoxy) is 1. The minimum Gasteiger partial charge on any atom is -0.469 e. The molecule has 0 amide bonds. The standard InChI is InChI=1S/C23H33O5P/c1-17-12-18(2)22(20(13-17)14-19-8-6-5-7-9-19)10-11-29(26,28-4)16-21(24)15-23(25)27-3/h10-13,19H,5-9,14-16H2,1-4H3/b11-10+. The summed E-state index contributed by atoms with van der Waals surface area (Å²) in [4.78, 5) is 23.3. The summed E-state index contributed by atoms with van der Waals surface area (Å²) >= 11 is 0. The minimum absolute atomic E-state index is 0.308. The molecule has 160 valence electrons. The summed E-state index contributed by atoms with van der Waals surface area (Å²) < 4.78 is 22.7. The summed E-state index contributed by atoms with van der Waals surface area (Å²) in [7, 11) is -0.764. The van der Waals surface area contributed by atoms with Crippen molar-refractivity contribution in [1.29, 1.82) is 0 Å². The first-order chi connectivity index (χ1) is 13.8. The molecule has 1 aliphatic rings. The molecule has 1 saturated carbocycles. The smallest absolute Gasteiger partial charge is 0.313 e. The van der Waals surface area contributed by atoms with Crippen molar-refractivity contribution in [3.8, 4) is 0 Å². The SMILES string of the molecule is COC(=O)CC(=O)CP(=O)(/C=C/c1c(C)cc(C)cc1CC1CCCCC1)OC. The second-order valence-electron chi connectivity index (χ2n) is 8.04. The molecular formula is C23H33O5P. The Morgan fingerprint density at radius 2 is 1.83 bits per heavy atom. The fraction of sp³-hybridized carbons (Fsp3) is 0.565. The van der Waals surface area contributed by atoms with Crippen LogP contribution in [0.15, 0.2) is 17.9 Å². The van der Waals surface area contributed by atoms with E-state index >= 15 is 0 Å². The molecule has 29 heavy (non-hydrogen) atoms. The van der Waals surface area contributed by atoms with Crippen molar-refractivity contribution in [1.82, 2.24) is 0 Å². The van der Waals surface area contributed by atoms with Crippen LogP contribution in [-0.2, 0) is 29.8 Å². The highest BCUT2D eigenvalue weighted by Crippen LogP contribution is 2.48. The van der Waals surface area contributed by atoms with E-state index in [-0.39, 0.29) is 6.16 Å². The van der Waals surface area contributed by atoms with E-state index < -0.39 is 25.5 Å². The Hall–Kier alpha value is -1.71. The topological polar surface area (TPSA) is 69.7 Å². The summed E-state index contributed by atoms with van der Waals surface area (Å²) in [5, 5.41) is 0. The average Bonchev–Trinajstić information content (AvgIpc) is 2.67. The summed E-state index contributed by atoms with van der Waals surface area (Å²) in [6.45, 7) is 4.15. The number of methoxy groups -OCH3 is 1. The second kappa shape index (κ2) is 10.9. The van der Waals surface area contributed by atoms with E-state index in [4.69, 9.17) is 4.52 Å². The van der Waals surface area contributed by atoms with Crippen LogP contribution in [0.1, 0.15) is 60.8 Å². The number of carbonyl (C=O) groups is 2. The molecule has 0 saturated heterocycles. The molecular weight excluding hydrogens is 387 g/mol. The first-order valence-electron chi connectivity index (χ1n) is 10.3. The van der Waals surface area contributed by atoms with E-state index in [1.165, 1.54) is 63.3 Å². The molecule has 0 aromatic heterocycles. The number of benzene rings is 1. The van der Waals surface area contributed by atoms with Crippen LogP contribution < -0.4 is 0 Å². The maximum Gasteiger partial charge on any atom is 0.313 e. The van der Waals surface area contributed by atoms with Crippen molar-refractivity contribution in [3.05, 3.63) is 40.2 Å². The van der Waals surface area contributed by atoms with Gasteiger partial charge in [-0.1, -0.05) is 49.8 Å². The molecule has 0 heterocycles. The Balaban J connectivity index is 2.23. The van der Waals surface area contributed by atoms with Crippen molar-refractivity contribution >= 4 is 25.2 Å². The van der Waals surface area contributed by atoms with Crippen LogP contribution in [0.3, 0.4) is 0 Å². The molecule has 0 N–H and O–H groups in total. The van der Waals surface area contributed by atoms with Gasteiger partial charge in [-0.05, 0) is 49.0 Å². The highest BCUT2D eigenvalue weighted by atomic mass is 31.2. The van der Waals surface area contributed by atoms with E-state index in [0.717, 1.165) is 17.5 Å². The number of aryl methyl sites for hydroxylation is 2. The number of esters is 1. The Labute approximate surface area is 174 Å². The van der Waals surface area contributed by atoms with E-state index in [2.05, 4.69) is 30.7 Å². The molecule has 1 aliphatic carbocycles.